The van der Waals surface area contributed by atoms with Crippen molar-refractivity contribution in [3.8, 4) is 5.75 Å². The first-order valence-corrected chi connectivity index (χ1v) is 9.53. The molecule has 0 aliphatic rings. The lowest BCUT2D eigenvalue weighted by atomic mass is 10.1. The fourth-order valence-electron chi connectivity index (χ4n) is 3.18. The molecule has 0 spiro atoms. The van der Waals surface area contributed by atoms with Crippen LogP contribution in [-0.4, -0.2) is 15.4 Å². The lowest BCUT2D eigenvalue weighted by Crippen LogP contribution is -2.18. The zero-order valence-electron chi connectivity index (χ0n) is 16.4. The minimum atomic E-state index is -0.492. The number of fused-ring (bicyclic) bond motifs is 1. The van der Waals surface area contributed by atoms with E-state index >= 15 is 0 Å². The summed E-state index contributed by atoms with van der Waals surface area (Å²) in [7, 11) is 0. The first-order valence-electron chi connectivity index (χ1n) is 9.53. The molecule has 6 nitrogen and oxygen atoms in total. The second-order valence-electron chi connectivity index (χ2n) is 6.78. The number of hydrogen-bond acceptors (Lipinski definition) is 5. The third kappa shape index (κ3) is 4.22. The van der Waals surface area contributed by atoms with Crippen LogP contribution >= 0.6 is 0 Å². The van der Waals surface area contributed by atoms with Gasteiger partial charge in [-0.3, -0.25) is 9.20 Å². The van der Waals surface area contributed by atoms with Crippen molar-refractivity contribution in [3.05, 3.63) is 112 Å². The summed E-state index contributed by atoms with van der Waals surface area (Å²) in [4.78, 5) is 29.5. The Bertz CT molecular complexity index is 1250. The average Bonchev–Trinajstić information content (AvgIpc) is 2.77. The molecule has 2 aromatic carbocycles. The zero-order chi connectivity index (χ0) is 20.9. The second-order valence-corrected chi connectivity index (χ2v) is 6.78. The van der Waals surface area contributed by atoms with Gasteiger partial charge in [-0.25, -0.2) is 9.78 Å². The minimum Gasteiger partial charge on any atom is -0.489 e. The Morgan fingerprint density at radius 1 is 0.933 bits per heavy atom. The first-order chi connectivity index (χ1) is 14.6. The molecule has 0 atom stereocenters. The molecule has 0 fully saturated rings. The molecule has 0 N–H and O–H groups in total. The van der Waals surface area contributed by atoms with E-state index in [0.29, 0.717) is 22.5 Å². The van der Waals surface area contributed by atoms with E-state index in [4.69, 9.17) is 9.47 Å². The molecule has 0 aliphatic carbocycles. The Hall–Kier alpha value is -3.93. The summed E-state index contributed by atoms with van der Waals surface area (Å²) in [5, 5.41) is 0. The van der Waals surface area contributed by atoms with Crippen LogP contribution in [0.5, 0.6) is 5.75 Å². The first kappa shape index (κ1) is 19.4. The number of rotatable bonds is 6. The van der Waals surface area contributed by atoms with Crippen LogP contribution in [0.4, 0.5) is 0 Å². The molecule has 30 heavy (non-hydrogen) atoms. The SMILES string of the molecule is Cc1cccc2nc(COC(=O)c3ccccc3COc3ccccc3)cc(=O)n12. The molecule has 150 valence electrons. The number of pyridine rings is 1. The fraction of sp³-hybridized carbons (Fsp3) is 0.125. The number of nitrogens with zero attached hydrogens (tertiary/aromatic N) is 2. The summed E-state index contributed by atoms with van der Waals surface area (Å²) in [5.41, 5.74) is 2.64. The number of ether oxygens (including phenoxy) is 2. The highest BCUT2D eigenvalue weighted by Crippen LogP contribution is 2.16. The quantitative estimate of drug-likeness (QED) is 0.459. The van der Waals surface area contributed by atoms with Crippen LogP contribution in [0.1, 0.15) is 27.3 Å². The molecule has 2 heterocycles. The largest absolute Gasteiger partial charge is 0.489 e. The van der Waals surface area contributed by atoms with Crippen LogP contribution in [-0.2, 0) is 18.0 Å². The summed E-state index contributed by atoms with van der Waals surface area (Å²) in [6.45, 7) is 1.99. The van der Waals surface area contributed by atoms with Crippen molar-refractivity contribution in [1.29, 1.82) is 0 Å². The highest BCUT2D eigenvalue weighted by molar-refractivity contribution is 5.91. The van der Waals surface area contributed by atoms with Crippen molar-refractivity contribution in [2.24, 2.45) is 0 Å². The fourth-order valence-corrected chi connectivity index (χ4v) is 3.18. The van der Waals surface area contributed by atoms with Crippen LogP contribution in [0.25, 0.3) is 5.65 Å². The van der Waals surface area contributed by atoms with E-state index in [1.54, 1.807) is 18.2 Å². The van der Waals surface area contributed by atoms with Crippen molar-refractivity contribution in [2.45, 2.75) is 20.1 Å². The smallest absolute Gasteiger partial charge is 0.338 e. The number of benzene rings is 2. The predicted molar refractivity (Wildman–Crippen MR) is 113 cm³/mol. The van der Waals surface area contributed by atoms with Crippen LogP contribution in [0, 0.1) is 6.92 Å². The maximum absolute atomic E-state index is 12.7. The van der Waals surface area contributed by atoms with Gasteiger partial charge in [0.1, 0.15) is 24.6 Å². The Kier molecular flexibility index (Phi) is 5.57. The van der Waals surface area contributed by atoms with Gasteiger partial charge in [0.25, 0.3) is 5.56 Å². The van der Waals surface area contributed by atoms with Crippen LogP contribution in [0.15, 0.2) is 83.7 Å². The lowest BCUT2D eigenvalue weighted by molar-refractivity contribution is 0.0464. The summed E-state index contributed by atoms with van der Waals surface area (Å²) in [5.74, 6) is 0.227. The third-order valence-corrected chi connectivity index (χ3v) is 4.66. The van der Waals surface area contributed by atoms with E-state index in [9.17, 15) is 9.59 Å². The topological polar surface area (TPSA) is 69.9 Å². The van der Waals surface area contributed by atoms with Crippen molar-refractivity contribution >= 4 is 11.6 Å². The predicted octanol–water partition coefficient (Wildman–Crippen LogP) is 3.94. The number of carbonyl (C=O) groups excluding carboxylic acids is 1. The summed E-state index contributed by atoms with van der Waals surface area (Å²) < 4.78 is 12.7. The molecule has 0 radical (unpaired) electrons. The maximum atomic E-state index is 12.7. The van der Waals surface area contributed by atoms with Crippen molar-refractivity contribution in [3.63, 3.8) is 0 Å². The number of hydrogen-bond donors (Lipinski definition) is 0. The summed E-state index contributed by atoms with van der Waals surface area (Å²) in [6, 6.07) is 23.3. The van der Waals surface area contributed by atoms with Gasteiger partial charge in [0, 0.05) is 17.3 Å². The third-order valence-electron chi connectivity index (χ3n) is 4.66. The molecule has 4 rings (SSSR count). The average molecular weight is 400 g/mol. The van der Waals surface area contributed by atoms with Gasteiger partial charge in [0.2, 0.25) is 0 Å². The van der Waals surface area contributed by atoms with Gasteiger partial charge in [0.05, 0.1) is 11.3 Å². The molecule has 0 bridgehead atoms. The Balaban J connectivity index is 1.48. The highest BCUT2D eigenvalue weighted by atomic mass is 16.5. The number of esters is 1. The van der Waals surface area contributed by atoms with E-state index in [-0.39, 0.29) is 18.8 Å². The Labute approximate surface area is 173 Å². The van der Waals surface area contributed by atoms with Gasteiger partial charge >= 0.3 is 5.97 Å². The molecule has 0 amide bonds. The lowest BCUT2D eigenvalue weighted by Gasteiger charge is -2.11. The van der Waals surface area contributed by atoms with Gasteiger partial charge in [0.15, 0.2) is 0 Å². The van der Waals surface area contributed by atoms with E-state index in [1.807, 2.05) is 61.5 Å². The number of aryl methyl sites for hydroxylation is 1. The summed E-state index contributed by atoms with van der Waals surface area (Å²) >= 11 is 0. The Morgan fingerprint density at radius 3 is 2.53 bits per heavy atom. The molecule has 0 unspecified atom stereocenters. The van der Waals surface area contributed by atoms with Crippen LogP contribution in [0.3, 0.4) is 0 Å². The zero-order valence-corrected chi connectivity index (χ0v) is 16.4. The van der Waals surface area contributed by atoms with Gasteiger partial charge in [-0.05, 0) is 37.3 Å². The molecule has 2 aromatic heterocycles. The number of aromatic nitrogens is 2. The van der Waals surface area contributed by atoms with E-state index in [2.05, 4.69) is 4.98 Å². The van der Waals surface area contributed by atoms with Crippen LogP contribution in [0.2, 0.25) is 0 Å². The number of carbonyl (C=O) groups is 1. The molecule has 0 saturated heterocycles. The van der Waals surface area contributed by atoms with Gasteiger partial charge < -0.3 is 9.47 Å². The number of para-hydroxylation sites is 1. The van der Waals surface area contributed by atoms with Crippen molar-refractivity contribution in [1.82, 2.24) is 9.38 Å². The standard InChI is InChI=1S/C24H20N2O4/c1-17-8-7-13-22-25-19(14-23(27)26(17)22)16-30-24(28)21-12-6-5-9-18(21)15-29-20-10-3-2-4-11-20/h2-14H,15-16H2,1H3. The molecular weight excluding hydrogens is 380 g/mol. The van der Waals surface area contributed by atoms with Gasteiger partial charge in [-0.2, -0.15) is 0 Å². The molecule has 0 saturated carbocycles. The maximum Gasteiger partial charge on any atom is 0.338 e. The molecule has 6 heteroatoms. The second kappa shape index (κ2) is 8.61. The van der Waals surface area contributed by atoms with Crippen molar-refractivity contribution in [2.75, 3.05) is 0 Å². The highest BCUT2D eigenvalue weighted by Gasteiger charge is 2.14. The molecule has 4 aromatic rings. The van der Waals surface area contributed by atoms with Crippen LogP contribution < -0.4 is 10.3 Å². The normalized spacial score (nSPS) is 10.7. The van der Waals surface area contributed by atoms with Gasteiger partial charge in [-0.15, -0.1) is 0 Å². The monoisotopic (exact) mass is 400 g/mol. The van der Waals surface area contributed by atoms with E-state index in [0.717, 1.165) is 11.4 Å². The van der Waals surface area contributed by atoms with E-state index in [1.165, 1.54) is 10.5 Å². The van der Waals surface area contributed by atoms with Crippen molar-refractivity contribution < 1.29 is 14.3 Å². The molecule has 0 aliphatic heterocycles. The molecular formula is C24H20N2O4. The minimum absolute atomic E-state index is 0.0909. The van der Waals surface area contributed by atoms with E-state index < -0.39 is 5.97 Å². The van der Waals surface area contributed by atoms with Gasteiger partial charge in [-0.1, -0.05) is 42.5 Å². The Morgan fingerprint density at radius 2 is 1.70 bits per heavy atom. The summed E-state index contributed by atoms with van der Waals surface area (Å²) in [6.07, 6.45) is 0.